The molecular formula is C22H27ClN4O3. The Balaban J connectivity index is 1.59. The van der Waals surface area contributed by atoms with Gasteiger partial charge in [-0.05, 0) is 30.3 Å². The average Bonchev–Trinajstić information content (AvgIpc) is 2.74. The molecule has 160 valence electrons. The molecule has 2 aromatic carbocycles. The van der Waals surface area contributed by atoms with Gasteiger partial charge in [-0.2, -0.15) is 0 Å². The van der Waals surface area contributed by atoms with Crippen LogP contribution in [0.15, 0.2) is 48.5 Å². The Labute approximate surface area is 181 Å². The summed E-state index contributed by atoms with van der Waals surface area (Å²) in [6.45, 7) is 6.99. The molecule has 0 saturated carbocycles. The minimum Gasteiger partial charge on any atom is -0.480 e. The van der Waals surface area contributed by atoms with Crippen molar-refractivity contribution in [2.45, 2.75) is 19.4 Å². The van der Waals surface area contributed by atoms with Gasteiger partial charge in [0.1, 0.15) is 6.04 Å². The van der Waals surface area contributed by atoms with E-state index in [1.54, 1.807) is 12.1 Å². The fourth-order valence-corrected chi connectivity index (χ4v) is 3.82. The van der Waals surface area contributed by atoms with Crippen LogP contribution >= 0.6 is 11.6 Å². The van der Waals surface area contributed by atoms with Crippen molar-refractivity contribution in [2.75, 3.05) is 42.9 Å². The maximum Gasteiger partial charge on any atom is 0.326 e. The van der Waals surface area contributed by atoms with E-state index in [0.717, 1.165) is 44.0 Å². The summed E-state index contributed by atoms with van der Waals surface area (Å²) in [5.74, 6) is -1.09. The van der Waals surface area contributed by atoms with Gasteiger partial charge in [-0.15, -0.1) is 0 Å². The van der Waals surface area contributed by atoms with E-state index >= 15 is 0 Å². The Bertz CT molecular complexity index is 870. The number of carbonyl (C=O) groups is 2. The second-order valence-electron chi connectivity index (χ2n) is 7.27. The molecule has 1 saturated heterocycles. The lowest BCUT2D eigenvalue weighted by Crippen LogP contribution is -2.46. The summed E-state index contributed by atoms with van der Waals surface area (Å²) < 4.78 is 0. The largest absolute Gasteiger partial charge is 0.480 e. The van der Waals surface area contributed by atoms with Crippen LogP contribution in [0.3, 0.4) is 0 Å². The van der Waals surface area contributed by atoms with Crippen LogP contribution < -0.4 is 15.5 Å². The third-order valence-corrected chi connectivity index (χ3v) is 5.55. The third-order valence-electron chi connectivity index (χ3n) is 5.25. The molecule has 1 unspecified atom stereocenters. The van der Waals surface area contributed by atoms with Crippen LogP contribution in [0.5, 0.6) is 0 Å². The molecule has 3 N–H and O–H groups in total. The van der Waals surface area contributed by atoms with Crippen LogP contribution in [0.25, 0.3) is 0 Å². The van der Waals surface area contributed by atoms with E-state index in [9.17, 15) is 14.7 Å². The number of anilines is 2. The van der Waals surface area contributed by atoms with Gasteiger partial charge in [-0.3, -0.25) is 0 Å². The van der Waals surface area contributed by atoms with Crippen molar-refractivity contribution < 1.29 is 14.7 Å². The number of carbonyl (C=O) groups excluding carboxylic acids is 1. The number of aliphatic carboxylic acids is 1. The van der Waals surface area contributed by atoms with Crippen molar-refractivity contribution in [3.63, 3.8) is 0 Å². The number of likely N-dealkylation sites (N-methyl/N-ethyl adjacent to an activating group) is 1. The molecule has 1 fully saturated rings. The first-order valence-electron chi connectivity index (χ1n) is 10.1. The molecule has 0 radical (unpaired) electrons. The monoisotopic (exact) mass is 430 g/mol. The lowest BCUT2D eigenvalue weighted by atomic mass is 10.1. The number of carboxylic acid groups (broad SMARTS) is 1. The number of halogens is 1. The molecule has 7 nitrogen and oxygen atoms in total. The number of carboxylic acids is 1. The molecular weight excluding hydrogens is 404 g/mol. The Morgan fingerprint density at radius 1 is 1.10 bits per heavy atom. The summed E-state index contributed by atoms with van der Waals surface area (Å²) >= 11 is 6.46. The number of benzene rings is 2. The SMILES string of the molecule is CCN1CCN(c2ccc(NC(=O)NC(Cc3ccccc3)C(=O)O)cc2Cl)CC1. The molecule has 8 heteroatoms. The molecule has 2 amide bonds. The molecule has 0 bridgehead atoms. The second-order valence-corrected chi connectivity index (χ2v) is 7.67. The lowest BCUT2D eigenvalue weighted by Gasteiger charge is -2.36. The van der Waals surface area contributed by atoms with Gasteiger partial charge in [-0.25, -0.2) is 9.59 Å². The zero-order valence-corrected chi connectivity index (χ0v) is 17.7. The Kier molecular flexibility index (Phi) is 7.54. The highest BCUT2D eigenvalue weighted by molar-refractivity contribution is 6.33. The molecule has 0 aliphatic carbocycles. The second kappa shape index (κ2) is 10.3. The number of piperazine rings is 1. The molecule has 1 aliphatic rings. The predicted octanol–water partition coefficient (Wildman–Crippen LogP) is 3.30. The smallest absolute Gasteiger partial charge is 0.326 e. The van der Waals surface area contributed by atoms with Gasteiger partial charge in [-0.1, -0.05) is 48.9 Å². The number of urea groups is 1. The van der Waals surface area contributed by atoms with E-state index in [1.807, 2.05) is 36.4 Å². The molecule has 30 heavy (non-hydrogen) atoms. The Hall–Kier alpha value is -2.77. The van der Waals surface area contributed by atoms with Crippen molar-refractivity contribution >= 4 is 35.0 Å². The lowest BCUT2D eigenvalue weighted by molar-refractivity contribution is -0.139. The molecule has 2 aromatic rings. The number of hydrogen-bond acceptors (Lipinski definition) is 4. The highest BCUT2D eigenvalue weighted by Gasteiger charge is 2.21. The predicted molar refractivity (Wildman–Crippen MR) is 120 cm³/mol. The first-order chi connectivity index (χ1) is 14.5. The fourth-order valence-electron chi connectivity index (χ4n) is 3.52. The summed E-state index contributed by atoms with van der Waals surface area (Å²) in [6, 6.07) is 12.9. The van der Waals surface area contributed by atoms with Crippen molar-refractivity contribution in [1.29, 1.82) is 0 Å². The first-order valence-corrected chi connectivity index (χ1v) is 10.4. The van der Waals surface area contributed by atoms with Gasteiger partial charge in [0.2, 0.25) is 0 Å². The zero-order valence-electron chi connectivity index (χ0n) is 17.0. The van der Waals surface area contributed by atoms with E-state index in [1.165, 1.54) is 0 Å². The van der Waals surface area contributed by atoms with Crippen LogP contribution in [-0.2, 0) is 11.2 Å². The van der Waals surface area contributed by atoms with Crippen molar-refractivity contribution in [2.24, 2.45) is 0 Å². The van der Waals surface area contributed by atoms with Gasteiger partial charge in [0.15, 0.2) is 0 Å². The van der Waals surface area contributed by atoms with Gasteiger partial charge in [0.05, 0.1) is 10.7 Å². The number of hydrogen-bond donors (Lipinski definition) is 3. The standard InChI is InChI=1S/C22H27ClN4O3/c1-2-26-10-12-27(13-11-26)20-9-8-17(15-18(20)23)24-22(30)25-19(21(28)29)14-16-6-4-3-5-7-16/h3-9,15,19H,2,10-14H2,1H3,(H,28,29)(H2,24,25,30). The minimum absolute atomic E-state index is 0.201. The van der Waals surface area contributed by atoms with Crippen LogP contribution in [0.1, 0.15) is 12.5 Å². The Morgan fingerprint density at radius 3 is 2.40 bits per heavy atom. The van der Waals surface area contributed by atoms with Crippen LogP contribution in [0.2, 0.25) is 5.02 Å². The van der Waals surface area contributed by atoms with Crippen molar-refractivity contribution in [1.82, 2.24) is 10.2 Å². The highest BCUT2D eigenvalue weighted by atomic mass is 35.5. The molecule has 0 spiro atoms. The van der Waals surface area contributed by atoms with E-state index in [4.69, 9.17) is 11.6 Å². The maximum atomic E-state index is 12.3. The van der Waals surface area contributed by atoms with Gasteiger partial charge in [0, 0.05) is 38.3 Å². The van der Waals surface area contributed by atoms with E-state index in [-0.39, 0.29) is 6.42 Å². The van der Waals surface area contributed by atoms with Crippen LogP contribution in [-0.4, -0.2) is 60.8 Å². The molecule has 1 heterocycles. The molecule has 1 aliphatic heterocycles. The van der Waals surface area contributed by atoms with Crippen LogP contribution in [0.4, 0.5) is 16.2 Å². The van der Waals surface area contributed by atoms with E-state index < -0.39 is 18.0 Å². The quantitative estimate of drug-likeness (QED) is 0.627. The van der Waals surface area contributed by atoms with Crippen LogP contribution in [0, 0.1) is 0 Å². The van der Waals surface area contributed by atoms with Gasteiger partial charge in [0.25, 0.3) is 0 Å². The van der Waals surface area contributed by atoms with Gasteiger partial charge >= 0.3 is 12.0 Å². The molecule has 0 aromatic heterocycles. The van der Waals surface area contributed by atoms with Crippen molar-refractivity contribution in [3.8, 4) is 0 Å². The summed E-state index contributed by atoms with van der Waals surface area (Å²) in [6.07, 6.45) is 0.201. The molecule has 3 rings (SSSR count). The molecule has 1 atom stereocenters. The maximum absolute atomic E-state index is 12.3. The number of rotatable bonds is 7. The van der Waals surface area contributed by atoms with E-state index in [0.29, 0.717) is 10.7 Å². The normalized spacial score (nSPS) is 15.5. The zero-order chi connectivity index (χ0) is 21.5. The van der Waals surface area contributed by atoms with Crippen molar-refractivity contribution in [3.05, 3.63) is 59.1 Å². The fraction of sp³-hybridized carbons (Fsp3) is 0.364. The summed E-state index contributed by atoms with van der Waals surface area (Å²) in [4.78, 5) is 28.5. The summed E-state index contributed by atoms with van der Waals surface area (Å²) in [7, 11) is 0. The number of amides is 2. The summed E-state index contributed by atoms with van der Waals surface area (Å²) in [5.41, 5.74) is 2.28. The number of nitrogens with one attached hydrogen (secondary N) is 2. The summed E-state index contributed by atoms with van der Waals surface area (Å²) in [5, 5.41) is 15.2. The van der Waals surface area contributed by atoms with E-state index in [2.05, 4.69) is 27.4 Å². The van der Waals surface area contributed by atoms with Gasteiger partial charge < -0.3 is 25.5 Å². The highest BCUT2D eigenvalue weighted by Crippen LogP contribution is 2.29. The third kappa shape index (κ3) is 5.87. The first kappa shape index (κ1) is 21.9. The minimum atomic E-state index is -1.09. The number of nitrogens with zero attached hydrogens (tertiary/aromatic N) is 2. The average molecular weight is 431 g/mol. The topological polar surface area (TPSA) is 84.9 Å². The Morgan fingerprint density at radius 2 is 1.80 bits per heavy atom.